The van der Waals surface area contributed by atoms with Crippen LogP contribution in [0.2, 0.25) is 0 Å². The Morgan fingerprint density at radius 3 is 2.44 bits per heavy atom. The van der Waals surface area contributed by atoms with E-state index in [0.717, 1.165) is 6.07 Å². The van der Waals surface area contributed by atoms with Crippen molar-refractivity contribution in [2.24, 2.45) is 0 Å². The second kappa shape index (κ2) is 5.08. The van der Waals surface area contributed by atoms with E-state index >= 15 is 0 Å². The molecule has 0 atom stereocenters. The summed E-state index contributed by atoms with van der Waals surface area (Å²) in [4.78, 5) is 11.7. The van der Waals surface area contributed by atoms with Gasteiger partial charge >= 0.3 is 0 Å². The monoisotopic (exact) mass is 253 g/mol. The molecule has 0 bridgehead atoms. The standard InChI is InChI=1S/C13H10F3NO/c14-11-6-5-10(13(18)17-7-12(15)16)8-3-1-2-4-9(8)11/h1-6,12H,7H2,(H,17,18). The minimum Gasteiger partial charge on any atom is -0.346 e. The van der Waals surface area contributed by atoms with Gasteiger partial charge in [0, 0.05) is 10.9 Å². The predicted molar refractivity (Wildman–Crippen MR) is 62.2 cm³/mol. The summed E-state index contributed by atoms with van der Waals surface area (Å²) in [7, 11) is 0. The summed E-state index contributed by atoms with van der Waals surface area (Å²) in [5.74, 6) is -1.08. The number of carbonyl (C=O) groups is 1. The normalized spacial score (nSPS) is 10.9. The molecule has 2 nitrogen and oxygen atoms in total. The molecule has 0 saturated heterocycles. The van der Waals surface area contributed by atoms with Crippen molar-refractivity contribution in [1.29, 1.82) is 0 Å². The maximum Gasteiger partial charge on any atom is 0.255 e. The fourth-order valence-electron chi connectivity index (χ4n) is 1.73. The van der Waals surface area contributed by atoms with E-state index in [9.17, 15) is 18.0 Å². The summed E-state index contributed by atoms with van der Waals surface area (Å²) >= 11 is 0. The Bertz CT molecular complexity index is 583. The van der Waals surface area contributed by atoms with E-state index in [-0.39, 0.29) is 5.56 Å². The largest absolute Gasteiger partial charge is 0.346 e. The minimum atomic E-state index is -2.61. The highest BCUT2D eigenvalue weighted by molar-refractivity contribution is 6.07. The molecule has 0 spiro atoms. The molecule has 2 rings (SSSR count). The number of hydrogen-bond acceptors (Lipinski definition) is 1. The van der Waals surface area contributed by atoms with Gasteiger partial charge in [-0.05, 0) is 17.5 Å². The molecule has 0 aliphatic carbocycles. The van der Waals surface area contributed by atoms with Crippen molar-refractivity contribution in [3.05, 3.63) is 47.8 Å². The molecule has 0 aliphatic heterocycles. The lowest BCUT2D eigenvalue weighted by molar-refractivity contribution is 0.0893. The van der Waals surface area contributed by atoms with Gasteiger partial charge in [0.05, 0.1) is 6.54 Å². The lowest BCUT2D eigenvalue weighted by Crippen LogP contribution is -2.28. The molecule has 94 valence electrons. The zero-order valence-corrected chi connectivity index (χ0v) is 9.29. The van der Waals surface area contributed by atoms with Gasteiger partial charge in [0.2, 0.25) is 0 Å². The van der Waals surface area contributed by atoms with Crippen LogP contribution in [0.4, 0.5) is 13.2 Å². The molecule has 5 heteroatoms. The molecule has 0 radical (unpaired) electrons. The molecular weight excluding hydrogens is 243 g/mol. The summed E-state index contributed by atoms with van der Waals surface area (Å²) in [6, 6.07) is 8.86. The van der Waals surface area contributed by atoms with Crippen LogP contribution in [0.3, 0.4) is 0 Å². The van der Waals surface area contributed by atoms with E-state index in [4.69, 9.17) is 0 Å². The first kappa shape index (κ1) is 12.4. The highest BCUT2D eigenvalue weighted by Gasteiger charge is 2.13. The van der Waals surface area contributed by atoms with Crippen LogP contribution < -0.4 is 5.32 Å². The zero-order chi connectivity index (χ0) is 13.1. The molecule has 1 amide bonds. The van der Waals surface area contributed by atoms with Crippen LogP contribution in [-0.4, -0.2) is 18.9 Å². The van der Waals surface area contributed by atoms with Gasteiger partial charge in [-0.25, -0.2) is 13.2 Å². The quantitative estimate of drug-likeness (QED) is 0.895. The maximum atomic E-state index is 13.5. The van der Waals surface area contributed by atoms with Crippen LogP contribution in [0.25, 0.3) is 10.8 Å². The molecular formula is C13H10F3NO. The van der Waals surface area contributed by atoms with Gasteiger partial charge < -0.3 is 5.32 Å². The number of nitrogens with one attached hydrogen (secondary N) is 1. The average Bonchev–Trinajstić information content (AvgIpc) is 2.37. The van der Waals surface area contributed by atoms with Gasteiger partial charge in [-0.2, -0.15) is 0 Å². The SMILES string of the molecule is O=C(NCC(F)F)c1ccc(F)c2ccccc12. The Morgan fingerprint density at radius 2 is 1.78 bits per heavy atom. The Kier molecular flexibility index (Phi) is 3.50. The first-order valence-corrected chi connectivity index (χ1v) is 5.33. The van der Waals surface area contributed by atoms with Crippen molar-refractivity contribution in [3.63, 3.8) is 0 Å². The topological polar surface area (TPSA) is 29.1 Å². The molecule has 0 saturated carbocycles. The Balaban J connectivity index is 2.39. The molecule has 0 unspecified atom stereocenters. The average molecular weight is 253 g/mol. The van der Waals surface area contributed by atoms with Crippen molar-refractivity contribution >= 4 is 16.7 Å². The highest BCUT2D eigenvalue weighted by atomic mass is 19.3. The number of rotatable bonds is 3. The van der Waals surface area contributed by atoms with E-state index in [0.29, 0.717) is 10.8 Å². The fourth-order valence-corrected chi connectivity index (χ4v) is 1.73. The van der Waals surface area contributed by atoms with Gasteiger partial charge in [0.25, 0.3) is 12.3 Å². The number of halogens is 3. The van der Waals surface area contributed by atoms with Crippen LogP contribution in [0.5, 0.6) is 0 Å². The minimum absolute atomic E-state index is 0.188. The maximum absolute atomic E-state index is 13.5. The molecule has 1 N–H and O–H groups in total. The molecule has 0 aromatic heterocycles. The van der Waals surface area contributed by atoms with E-state index in [2.05, 4.69) is 5.32 Å². The van der Waals surface area contributed by atoms with E-state index in [1.165, 1.54) is 12.1 Å². The molecule has 0 fully saturated rings. The second-order valence-electron chi connectivity index (χ2n) is 3.74. The molecule has 2 aromatic carbocycles. The third-order valence-corrected chi connectivity index (χ3v) is 2.53. The smallest absolute Gasteiger partial charge is 0.255 e. The van der Waals surface area contributed by atoms with Crippen LogP contribution in [-0.2, 0) is 0 Å². The van der Waals surface area contributed by atoms with Crippen molar-refractivity contribution < 1.29 is 18.0 Å². The van der Waals surface area contributed by atoms with Crippen molar-refractivity contribution in [1.82, 2.24) is 5.32 Å². The molecule has 18 heavy (non-hydrogen) atoms. The van der Waals surface area contributed by atoms with Crippen molar-refractivity contribution in [2.75, 3.05) is 6.54 Å². The molecule has 0 aliphatic rings. The molecule has 2 aromatic rings. The van der Waals surface area contributed by atoms with Gasteiger partial charge in [-0.1, -0.05) is 24.3 Å². The first-order valence-electron chi connectivity index (χ1n) is 5.33. The summed E-state index contributed by atoms with van der Waals surface area (Å²) in [5, 5.41) is 2.80. The van der Waals surface area contributed by atoms with Crippen LogP contribution >= 0.6 is 0 Å². The summed E-state index contributed by atoms with van der Waals surface area (Å²) in [5.41, 5.74) is 0.188. The third-order valence-electron chi connectivity index (χ3n) is 2.53. The Labute approximate surface area is 101 Å². The molecule has 0 heterocycles. The summed E-state index contributed by atoms with van der Waals surface area (Å²) in [6.07, 6.45) is -2.61. The number of benzene rings is 2. The lowest BCUT2D eigenvalue weighted by Gasteiger charge is -2.08. The van der Waals surface area contributed by atoms with Gasteiger partial charge in [-0.3, -0.25) is 4.79 Å². The predicted octanol–water partition coefficient (Wildman–Crippen LogP) is 2.97. The highest BCUT2D eigenvalue weighted by Crippen LogP contribution is 2.21. The van der Waals surface area contributed by atoms with Crippen molar-refractivity contribution in [2.45, 2.75) is 6.43 Å². The van der Waals surface area contributed by atoms with Crippen LogP contribution in [0.15, 0.2) is 36.4 Å². The van der Waals surface area contributed by atoms with Crippen LogP contribution in [0.1, 0.15) is 10.4 Å². The Morgan fingerprint density at radius 1 is 1.11 bits per heavy atom. The zero-order valence-electron chi connectivity index (χ0n) is 9.29. The number of carbonyl (C=O) groups excluding carboxylic acids is 1. The van der Waals surface area contributed by atoms with Gasteiger partial charge in [-0.15, -0.1) is 0 Å². The number of alkyl halides is 2. The van der Waals surface area contributed by atoms with Crippen LogP contribution in [0, 0.1) is 5.82 Å². The third kappa shape index (κ3) is 2.45. The first-order chi connectivity index (χ1) is 8.59. The van der Waals surface area contributed by atoms with Gasteiger partial charge in [0.1, 0.15) is 5.82 Å². The Hall–Kier alpha value is -2.04. The fraction of sp³-hybridized carbons (Fsp3) is 0.154. The van der Waals surface area contributed by atoms with Gasteiger partial charge in [0.15, 0.2) is 0 Å². The number of amides is 1. The summed E-state index contributed by atoms with van der Waals surface area (Å²) in [6.45, 7) is -0.718. The lowest BCUT2D eigenvalue weighted by atomic mass is 10.0. The van der Waals surface area contributed by atoms with E-state index in [1.807, 2.05) is 0 Å². The van der Waals surface area contributed by atoms with E-state index in [1.54, 1.807) is 18.2 Å². The van der Waals surface area contributed by atoms with Crippen molar-refractivity contribution in [3.8, 4) is 0 Å². The number of hydrogen-bond donors (Lipinski definition) is 1. The second-order valence-corrected chi connectivity index (χ2v) is 3.74. The summed E-state index contributed by atoms with van der Waals surface area (Å²) < 4.78 is 37.5. The van der Waals surface area contributed by atoms with E-state index < -0.39 is 24.7 Å². The number of fused-ring (bicyclic) bond motifs is 1.